The quantitative estimate of drug-likeness (QED) is 0.821. The maximum absolute atomic E-state index is 12.2. The molecule has 0 unspecified atom stereocenters. The molecule has 0 bridgehead atoms. The first-order valence-electron chi connectivity index (χ1n) is 7.26. The van der Waals surface area contributed by atoms with Gasteiger partial charge in [-0.15, -0.1) is 11.8 Å². The van der Waals surface area contributed by atoms with Crippen LogP contribution in [0.3, 0.4) is 0 Å². The van der Waals surface area contributed by atoms with Gasteiger partial charge in [0.25, 0.3) is 5.91 Å². The van der Waals surface area contributed by atoms with Crippen molar-refractivity contribution in [3.05, 3.63) is 48.2 Å². The first-order chi connectivity index (χ1) is 10.6. The Labute approximate surface area is 135 Å². The molecule has 0 radical (unpaired) electrons. The van der Waals surface area contributed by atoms with Gasteiger partial charge in [-0.3, -0.25) is 4.79 Å². The molecule has 0 aliphatic carbocycles. The third-order valence-electron chi connectivity index (χ3n) is 3.33. The topological polar surface area (TPSA) is 45.2 Å². The van der Waals surface area contributed by atoms with E-state index < -0.39 is 0 Å². The number of benzene rings is 1. The number of amides is 1. The Morgan fingerprint density at radius 3 is 2.50 bits per heavy atom. The lowest BCUT2D eigenvalue weighted by Crippen LogP contribution is -2.18. The smallest absolute Gasteiger partial charge is 0.255 e. The summed E-state index contributed by atoms with van der Waals surface area (Å²) in [5.41, 5.74) is 2.46. The predicted octanol–water partition coefficient (Wildman–Crippen LogP) is 3.90. The van der Waals surface area contributed by atoms with Gasteiger partial charge in [-0.05, 0) is 49.1 Å². The zero-order chi connectivity index (χ0) is 15.9. The SMILES string of the molecule is CCCN(C)c1ccc(C(=O)Nc2ccc(SC)nc2)cc1. The number of carbonyl (C=O) groups is 1. The van der Waals surface area contributed by atoms with Crippen LogP contribution in [0, 0.1) is 0 Å². The molecule has 1 N–H and O–H groups in total. The monoisotopic (exact) mass is 315 g/mol. The molecule has 1 amide bonds. The molecule has 0 spiro atoms. The van der Waals surface area contributed by atoms with E-state index >= 15 is 0 Å². The molecule has 22 heavy (non-hydrogen) atoms. The molecular formula is C17H21N3OS. The number of aromatic nitrogens is 1. The lowest BCUT2D eigenvalue weighted by atomic mass is 10.2. The number of rotatable bonds is 6. The molecule has 5 heteroatoms. The van der Waals surface area contributed by atoms with Crippen LogP contribution in [0.1, 0.15) is 23.7 Å². The van der Waals surface area contributed by atoms with Crippen LogP contribution >= 0.6 is 11.8 Å². The molecule has 0 aliphatic heterocycles. The summed E-state index contributed by atoms with van der Waals surface area (Å²) in [6.07, 6.45) is 4.74. The highest BCUT2D eigenvalue weighted by Gasteiger charge is 2.07. The molecule has 0 fully saturated rings. The minimum Gasteiger partial charge on any atom is -0.375 e. The van der Waals surface area contributed by atoms with E-state index in [9.17, 15) is 4.79 Å². The minimum absolute atomic E-state index is 0.122. The second kappa shape index (κ2) is 7.84. The number of thioether (sulfide) groups is 1. The molecule has 0 atom stereocenters. The highest BCUT2D eigenvalue weighted by molar-refractivity contribution is 7.98. The minimum atomic E-state index is -0.122. The molecule has 1 aromatic carbocycles. The van der Waals surface area contributed by atoms with E-state index in [-0.39, 0.29) is 5.91 Å². The van der Waals surface area contributed by atoms with Crippen molar-refractivity contribution in [1.29, 1.82) is 0 Å². The summed E-state index contributed by atoms with van der Waals surface area (Å²) >= 11 is 1.57. The average Bonchev–Trinajstić information content (AvgIpc) is 2.56. The van der Waals surface area contributed by atoms with Gasteiger partial charge >= 0.3 is 0 Å². The molecule has 0 saturated carbocycles. The van der Waals surface area contributed by atoms with Crippen molar-refractivity contribution in [1.82, 2.24) is 4.98 Å². The van der Waals surface area contributed by atoms with Gasteiger partial charge < -0.3 is 10.2 Å². The highest BCUT2D eigenvalue weighted by atomic mass is 32.2. The van der Waals surface area contributed by atoms with Gasteiger partial charge in [-0.25, -0.2) is 4.98 Å². The first kappa shape index (κ1) is 16.4. The van der Waals surface area contributed by atoms with E-state index in [2.05, 4.69) is 29.2 Å². The number of hydrogen-bond donors (Lipinski definition) is 1. The zero-order valence-electron chi connectivity index (χ0n) is 13.2. The Hall–Kier alpha value is -2.01. The molecule has 1 heterocycles. The standard InChI is InChI=1S/C17H21N3OS/c1-4-11-20(2)15-8-5-13(6-9-15)17(21)19-14-7-10-16(22-3)18-12-14/h5-10,12H,4,11H2,1-3H3,(H,19,21). The number of carbonyl (C=O) groups excluding carboxylic acids is 1. The largest absolute Gasteiger partial charge is 0.375 e. The molecule has 4 nitrogen and oxygen atoms in total. The van der Waals surface area contributed by atoms with E-state index in [4.69, 9.17) is 0 Å². The Bertz CT molecular complexity index is 611. The lowest BCUT2D eigenvalue weighted by Gasteiger charge is -2.18. The zero-order valence-corrected chi connectivity index (χ0v) is 14.0. The fourth-order valence-electron chi connectivity index (χ4n) is 2.11. The van der Waals surface area contributed by atoms with Crippen LogP contribution in [0.4, 0.5) is 11.4 Å². The summed E-state index contributed by atoms with van der Waals surface area (Å²) in [4.78, 5) is 18.6. The Kier molecular flexibility index (Phi) is 5.83. The molecular weight excluding hydrogens is 294 g/mol. The number of hydrogen-bond acceptors (Lipinski definition) is 4. The Balaban J connectivity index is 2.02. The summed E-state index contributed by atoms with van der Waals surface area (Å²) in [6.45, 7) is 3.15. The van der Waals surface area contributed by atoms with Crippen LogP contribution in [0.2, 0.25) is 0 Å². The van der Waals surface area contributed by atoms with Crippen LogP contribution in [0.5, 0.6) is 0 Å². The maximum atomic E-state index is 12.2. The van der Waals surface area contributed by atoms with Gasteiger partial charge in [0.15, 0.2) is 0 Å². The first-order valence-corrected chi connectivity index (χ1v) is 8.49. The van der Waals surface area contributed by atoms with Gasteiger partial charge in [0.2, 0.25) is 0 Å². The van der Waals surface area contributed by atoms with Crippen LogP contribution in [-0.2, 0) is 0 Å². The number of anilines is 2. The van der Waals surface area contributed by atoms with E-state index in [0.717, 1.165) is 23.7 Å². The second-order valence-electron chi connectivity index (χ2n) is 5.01. The number of nitrogens with one attached hydrogen (secondary N) is 1. The van der Waals surface area contributed by atoms with Gasteiger partial charge in [0.05, 0.1) is 16.9 Å². The number of nitrogens with zero attached hydrogens (tertiary/aromatic N) is 2. The van der Waals surface area contributed by atoms with Crippen molar-refractivity contribution in [2.45, 2.75) is 18.4 Å². The summed E-state index contributed by atoms with van der Waals surface area (Å²) in [7, 11) is 2.05. The van der Waals surface area contributed by atoms with E-state index in [1.165, 1.54) is 0 Å². The van der Waals surface area contributed by atoms with Gasteiger partial charge in [0, 0.05) is 24.8 Å². The van der Waals surface area contributed by atoms with E-state index in [1.54, 1.807) is 18.0 Å². The average molecular weight is 315 g/mol. The summed E-state index contributed by atoms with van der Waals surface area (Å²) in [6, 6.07) is 11.4. The molecule has 2 aromatic rings. The fraction of sp³-hybridized carbons (Fsp3) is 0.294. The van der Waals surface area contributed by atoms with Gasteiger partial charge in [0.1, 0.15) is 0 Å². The third kappa shape index (κ3) is 4.24. The fourth-order valence-corrected chi connectivity index (χ4v) is 2.47. The van der Waals surface area contributed by atoms with Crippen LogP contribution in [0.25, 0.3) is 0 Å². The molecule has 116 valence electrons. The second-order valence-corrected chi connectivity index (χ2v) is 5.84. The van der Waals surface area contributed by atoms with Crippen molar-refractivity contribution in [2.75, 3.05) is 30.1 Å². The molecule has 0 aliphatic rings. The summed E-state index contributed by atoms with van der Waals surface area (Å²) < 4.78 is 0. The Morgan fingerprint density at radius 1 is 1.23 bits per heavy atom. The summed E-state index contributed by atoms with van der Waals surface area (Å²) in [5.74, 6) is -0.122. The third-order valence-corrected chi connectivity index (χ3v) is 3.99. The van der Waals surface area contributed by atoms with Crippen molar-refractivity contribution < 1.29 is 4.79 Å². The molecule has 2 rings (SSSR count). The predicted molar refractivity (Wildman–Crippen MR) is 94.0 cm³/mol. The van der Waals surface area contributed by atoms with Crippen LogP contribution in [-0.4, -0.2) is 30.7 Å². The van der Waals surface area contributed by atoms with E-state index in [1.807, 2.05) is 42.7 Å². The van der Waals surface area contributed by atoms with Crippen molar-refractivity contribution in [2.24, 2.45) is 0 Å². The lowest BCUT2D eigenvalue weighted by molar-refractivity contribution is 0.102. The van der Waals surface area contributed by atoms with Gasteiger partial charge in [-0.1, -0.05) is 6.92 Å². The maximum Gasteiger partial charge on any atom is 0.255 e. The van der Waals surface area contributed by atoms with E-state index in [0.29, 0.717) is 11.3 Å². The van der Waals surface area contributed by atoms with Crippen LogP contribution < -0.4 is 10.2 Å². The van der Waals surface area contributed by atoms with Crippen molar-refractivity contribution in [3.8, 4) is 0 Å². The Morgan fingerprint density at radius 2 is 1.95 bits per heavy atom. The van der Waals surface area contributed by atoms with Gasteiger partial charge in [-0.2, -0.15) is 0 Å². The van der Waals surface area contributed by atoms with Crippen LogP contribution in [0.15, 0.2) is 47.6 Å². The molecule has 0 saturated heterocycles. The highest BCUT2D eigenvalue weighted by Crippen LogP contribution is 2.17. The summed E-state index contributed by atoms with van der Waals surface area (Å²) in [5, 5.41) is 3.79. The van der Waals surface area contributed by atoms with Crippen molar-refractivity contribution >= 4 is 29.0 Å². The normalized spacial score (nSPS) is 10.3. The number of pyridine rings is 1. The van der Waals surface area contributed by atoms with Crippen molar-refractivity contribution in [3.63, 3.8) is 0 Å². The molecule has 1 aromatic heterocycles.